The molecule has 1 amide bonds. The van der Waals surface area contributed by atoms with Gasteiger partial charge in [0, 0.05) is 19.4 Å². The zero-order chi connectivity index (χ0) is 14.5. The first-order valence-electron chi connectivity index (χ1n) is 6.35. The van der Waals surface area contributed by atoms with Gasteiger partial charge in [-0.05, 0) is 30.2 Å². The lowest BCUT2D eigenvalue weighted by atomic mass is 10.1. The standard InChI is InChI=1S/C14H17NO5/c1-19-7-9-4-11(14(17)18)6-12(5-9)15-13(16)10-2-3-20-8-10/h4-6,10H,2-3,7-8H2,1H3,(H,15,16)(H,17,18). The molecule has 1 aromatic carbocycles. The number of nitrogens with one attached hydrogen (secondary N) is 1. The van der Waals surface area contributed by atoms with E-state index in [1.165, 1.54) is 19.2 Å². The van der Waals surface area contributed by atoms with Gasteiger partial charge in [-0.25, -0.2) is 4.79 Å². The third kappa shape index (κ3) is 3.55. The predicted octanol–water partition coefficient (Wildman–Crippen LogP) is 1.51. The van der Waals surface area contributed by atoms with E-state index in [1.54, 1.807) is 6.07 Å². The van der Waals surface area contributed by atoms with Gasteiger partial charge in [0.25, 0.3) is 0 Å². The topological polar surface area (TPSA) is 84.9 Å². The Hall–Kier alpha value is -1.92. The van der Waals surface area contributed by atoms with Gasteiger partial charge >= 0.3 is 5.97 Å². The Labute approximate surface area is 116 Å². The third-order valence-electron chi connectivity index (χ3n) is 3.12. The molecule has 6 nitrogen and oxygen atoms in total. The SMILES string of the molecule is COCc1cc(NC(=O)C2CCOC2)cc(C(=O)O)c1. The maximum atomic E-state index is 12.0. The molecule has 1 unspecified atom stereocenters. The fraction of sp³-hybridized carbons (Fsp3) is 0.429. The van der Waals surface area contributed by atoms with E-state index in [4.69, 9.17) is 14.6 Å². The molecular weight excluding hydrogens is 262 g/mol. The van der Waals surface area contributed by atoms with Gasteiger partial charge in [0.2, 0.25) is 5.91 Å². The molecule has 108 valence electrons. The van der Waals surface area contributed by atoms with E-state index in [-0.39, 0.29) is 24.0 Å². The molecule has 1 atom stereocenters. The molecule has 6 heteroatoms. The van der Waals surface area contributed by atoms with E-state index in [9.17, 15) is 9.59 Å². The highest BCUT2D eigenvalue weighted by molar-refractivity contribution is 5.95. The molecule has 1 heterocycles. The fourth-order valence-electron chi connectivity index (χ4n) is 2.12. The van der Waals surface area contributed by atoms with Crippen LogP contribution in [0.25, 0.3) is 0 Å². The lowest BCUT2D eigenvalue weighted by Crippen LogP contribution is -2.23. The van der Waals surface area contributed by atoms with Gasteiger partial charge in [0.15, 0.2) is 0 Å². The number of aromatic carboxylic acids is 1. The fourth-order valence-corrected chi connectivity index (χ4v) is 2.12. The molecule has 20 heavy (non-hydrogen) atoms. The van der Waals surface area contributed by atoms with E-state index in [0.717, 1.165) is 0 Å². The molecule has 1 aliphatic rings. The zero-order valence-corrected chi connectivity index (χ0v) is 11.2. The Morgan fingerprint density at radius 2 is 2.25 bits per heavy atom. The van der Waals surface area contributed by atoms with Crippen molar-refractivity contribution in [1.29, 1.82) is 0 Å². The average Bonchev–Trinajstić information content (AvgIpc) is 2.92. The first kappa shape index (κ1) is 14.5. The number of hydrogen-bond donors (Lipinski definition) is 2. The van der Waals surface area contributed by atoms with Crippen LogP contribution in [0.3, 0.4) is 0 Å². The minimum absolute atomic E-state index is 0.123. The minimum atomic E-state index is -1.04. The van der Waals surface area contributed by atoms with E-state index in [1.807, 2.05) is 0 Å². The number of methoxy groups -OCH3 is 1. The molecule has 0 aromatic heterocycles. The molecular formula is C14H17NO5. The number of anilines is 1. The number of rotatable bonds is 5. The van der Waals surface area contributed by atoms with Crippen LogP contribution < -0.4 is 5.32 Å². The number of carboxylic acids is 1. The minimum Gasteiger partial charge on any atom is -0.478 e. The normalized spacial score (nSPS) is 17.9. The van der Waals surface area contributed by atoms with Crippen molar-refractivity contribution in [3.63, 3.8) is 0 Å². The molecule has 0 spiro atoms. The monoisotopic (exact) mass is 279 g/mol. The Bertz CT molecular complexity index is 508. The maximum absolute atomic E-state index is 12.0. The Morgan fingerprint density at radius 1 is 1.45 bits per heavy atom. The highest BCUT2D eigenvalue weighted by Gasteiger charge is 2.23. The lowest BCUT2D eigenvalue weighted by molar-refractivity contribution is -0.119. The third-order valence-corrected chi connectivity index (χ3v) is 3.12. The first-order chi connectivity index (χ1) is 9.60. The molecule has 1 saturated heterocycles. The quantitative estimate of drug-likeness (QED) is 0.853. The van der Waals surface area contributed by atoms with Gasteiger partial charge in [-0.3, -0.25) is 4.79 Å². The molecule has 0 aliphatic carbocycles. The number of ether oxygens (including phenoxy) is 2. The number of carbonyl (C=O) groups excluding carboxylic acids is 1. The van der Waals surface area contributed by atoms with Crippen LogP contribution in [-0.2, 0) is 20.9 Å². The largest absolute Gasteiger partial charge is 0.478 e. The summed E-state index contributed by atoms with van der Waals surface area (Å²) in [6.45, 7) is 1.29. The molecule has 2 rings (SSSR count). The van der Waals surface area contributed by atoms with Crippen LogP contribution in [0.15, 0.2) is 18.2 Å². The van der Waals surface area contributed by atoms with Crippen LogP contribution in [0.4, 0.5) is 5.69 Å². The molecule has 0 saturated carbocycles. The van der Waals surface area contributed by atoms with Crippen molar-refractivity contribution in [2.75, 3.05) is 25.6 Å². The Kier molecular flexibility index (Phi) is 4.70. The van der Waals surface area contributed by atoms with Crippen LogP contribution in [0.1, 0.15) is 22.3 Å². The van der Waals surface area contributed by atoms with Gasteiger partial charge in [-0.15, -0.1) is 0 Å². The summed E-state index contributed by atoms with van der Waals surface area (Å²) in [5, 5.41) is 11.8. The van der Waals surface area contributed by atoms with Crippen molar-refractivity contribution in [1.82, 2.24) is 0 Å². The second-order valence-corrected chi connectivity index (χ2v) is 4.71. The van der Waals surface area contributed by atoms with Crippen molar-refractivity contribution in [3.8, 4) is 0 Å². The smallest absolute Gasteiger partial charge is 0.335 e. The molecule has 1 aromatic rings. The summed E-state index contributed by atoms with van der Waals surface area (Å²) in [4.78, 5) is 23.1. The van der Waals surface area contributed by atoms with Crippen molar-refractivity contribution in [3.05, 3.63) is 29.3 Å². The van der Waals surface area contributed by atoms with Crippen molar-refractivity contribution >= 4 is 17.6 Å². The average molecular weight is 279 g/mol. The number of carboxylic acid groups (broad SMARTS) is 1. The second kappa shape index (κ2) is 6.49. The number of carbonyl (C=O) groups is 2. The molecule has 2 N–H and O–H groups in total. The summed E-state index contributed by atoms with van der Waals surface area (Å²) in [7, 11) is 1.53. The summed E-state index contributed by atoms with van der Waals surface area (Å²) in [5.74, 6) is -1.36. The molecule has 0 radical (unpaired) electrons. The van der Waals surface area contributed by atoms with E-state index >= 15 is 0 Å². The Morgan fingerprint density at radius 3 is 2.85 bits per heavy atom. The van der Waals surface area contributed by atoms with E-state index in [0.29, 0.717) is 30.9 Å². The number of amides is 1. The van der Waals surface area contributed by atoms with Gasteiger partial charge < -0.3 is 19.9 Å². The van der Waals surface area contributed by atoms with Gasteiger partial charge in [0.05, 0.1) is 24.7 Å². The van der Waals surface area contributed by atoms with Gasteiger partial charge in [-0.2, -0.15) is 0 Å². The Balaban J connectivity index is 2.16. The van der Waals surface area contributed by atoms with Crippen LogP contribution in [-0.4, -0.2) is 37.3 Å². The first-order valence-corrected chi connectivity index (χ1v) is 6.35. The van der Waals surface area contributed by atoms with Crippen molar-refractivity contribution < 1.29 is 24.2 Å². The highest BCUT2D eigenvalue weighted by Crippen LogP contribution is 2.19. The summed E-state index contributed by atoms with van der Waals surface area (Å²) in [5.41, 5.74) is 1.29. The highest BCUT2D eigenvalue weighted by atomic mass is 16.5. The van der Waals surface area contributed by atoms with Crippen LogP contribution in [0.2, 0.25) is 0 Å². The summed E-state index contributed by atoms with van der Waals surface area (Å²) >= 11 is 0. The summed E-state index contributed by atoms with van der Waals surface area (Å²) in [6, 6.07) is 4.68. The van der Waals surface area contributed by atoms with Crippen LogP contribution in [0, 0.1) is 5.92 Å². The van der Waals surface area contributed by atoms with Gasteiger partial charge in [0.1, 0.15) is 0 Å². The molecule has 0 bridgehead atoms. The zero-order valence-electron chi connectivity index (χ0n) is 11.2. The molecule has 1 aliphatic heterocycles. The van der Waals surface area contributed by atoms with Crippen molar-refractivity contribution in [2.45, 2.75) is 13.0 Å². The number of benzene rings is 1. The lowest BCUT2D eigenvalue weighted by Gasteiger charge is -2.11. The van der Waals surface area contributed by atoms with Gasteiger partial charge in [-0.1, -0.05) is 0 Å². The maximum Gasteiger partial charge on any atom is 0.335 e. The number of hydrogen-bond acceptors (Lipinski definition) is 4. The van der Waals surface area contributed by atoms with E-state index < -0.39 is 5.97 Å². The predicted molar refractivity (Wildman–Crippen MR) is 71.7 cm³/mol. The summed E-state index contributed by atoms with van der Waals surface area (Å²) < 4.78 is 10.2. The summed E-state index contributed by atoms with van der Waals surface area (Å²) in [6.07, 6.45) is 0.690. The van der Waals surface area contributed by atoms with E-state index in [2.05, 4.69) is 5.32 Å². The van der Waals surface area contributed by atoms with Crippen molar-refractivity contribution in [2.24, 2.45) is 5.92 Å². The van der Waals surface area contributed by atoms with Crippen LogP contribution in [0.5, 0.6) is 0 Å². The van der Waals surface area contributed by atoms with Crippen LogP contribution >= 0.6 is 0 Å². The molecule has 1 fully saturated rings. The second-order valence-electron chi connectivity index (χ2n) is 4.71.